The Morgan fingerprint density at radius 1 is 1.37 bits per heavy atom. The predicted octanol–water partition coefficient (Wildman–Crippen LogP) is 2.81. The number of aromatic nitrogens is 2. The molecule has 0 aliphatic carbocycles. The smallest absolute Gasteiger partial charge is 0.255 e. The molecule has 0 aliphatic heterocycles. The van der Waals surface area contributed by atoms with E-state index in [-0.39, 0.29) is 11.3 Å². The minimum atomic E-state index is -0.0836. The maximum atomic E-state index is 12.2. The molecule has 0 saturated carbocycles. The summed E-state index contributed by atoms with van der Waals surface area (Å²) in [7, 11) is 1.84. The predicted molar refractivity (Wildman–Crippen MR) is 78.7 cm³/mol. The SMILES string of the molecule is CCC(CC)C(Cl)CNC(=O)c1c(C)nn(C)c1C. The molecule has 0 aromatic carbocycles. The van der Waals surface area contributed by atoms with E-state index in [2.05, 4.69) is 24.3 Å². The van der Waals surface area contributed by atoms with E-state index in [0.717, 1.165) is 24.2 Å². The Bertz CT molecular complexity index is 438. The summed E-state index contributed by atoms with van der Waals surface area (Å²) in [5.41, 5.74) is 2.30. The first-order chi connectivity index (χ1) is 8.92. The summed E-state index contributed by atoms with van der Waals surface area (Å²) < 4.78 is 1.73. The lowest BCUT2D eigenvalue weighted by Crippen LogP contribution is -2.33. The van der Waals surface area contributed by atoms with E-state index in [4.69, 9.17) is 11.6 Å². The Labute approximate surface area is 120 Å². The van der Waals surface area contributed by atoms with Crippen LogP contribution in [0.2, 0.25) is 0 Å². The number of hydrogen-bond acceptors (Lipinski definition) is 2. The van der Waals surface area contributed by atoms with E-state index in [1.54, 1.807) is 4.68 Å². The summed E-state index contributed by atoms with van der Waals surface area (Å²) in [5, 5.41) is 7.15. The number of hydrogen-bond donors (Lipinski definition) is 1. The molecule has 4 nitrogen and oxygen atoms in total. The number of amides is 1. The van der Waals surface area contributed by atoms with Crippen molar-refractivity contribution in [3.8, 4) is 0 Å². The van der Waals surface area contributed by atoms with Crippen molar-refractivity contribution in [3.63, 3.8) is 0 Å². The van der Waals surface area contributed by atoms with Crippen LogP contribution in [0.1, 0.15) is 48.4 Å². The van der Waals surface area contributed by atoms with Gasteiger partial charge in [0, 0.05) is 19.3 Å². The average molecular weight is 286 g/mol. The van der Waals surface area contributed by atoms with Crippen LogP contribution in [-0.4, -0.2) is 27.6 Å². The van der Waals surface area contributed by atoms with Gasteiger partial charge in [-0.15, -0.1) is 11.6 Å². The summed E-state index contributed by atoms with van der Waals surface area (Å²) in [5.74, 6) is 0.359. The standard InChI is InChI=1S/C14H24ClN3O/c1-6-11(7-2)12(15)8-16-14(19)13-9(3)17-18(5)10(13)4/h11-12H,6-8H2,1-5H3,(H,16,19). The topological polar surface area (TPSA) is 46.9 Å². The van der Waals surface area contributed by atoms with Crippen molar-refractivity contribution >= 4 is 17.5 Å². The number of nitrogens with zero attached hydrogens (tertiary/aromatic N) is 2. The van der Waals surface area contributed by atoms with Crippen LogP contribution in [0.5, 0.6) is 0 Å². The van der Waals surface area contributed by atoms with Crippen molar-refractivity contribution in [2.75, 3.05) is 6.54 Å². The lowest BCUT2D eigenvalue weighted by molar-refractivity contribution is 0.0950. The van der Waals surface area contributed by atoms with E-state index in [1.807, 2.05) is 20.9 Å². The summed E-state index contributed by atoms with van der Waals surface area (Å²) >= 11 is 6.33. The van der Waals surface area contributed by atoms with Crippen LogP contribution in [0.3, 0.4) is 0 Å². The van der Waals surface area contributed by atoms with Crippen molar-refractivity contribution in [3.05, 3.63) is 17.0 Å². The summed E-state index contributed by atoms with van der Waals surface area (Å²) in [6.45, 7) is 8.50. The van der Waals surface area contributed by atoms with Gasteiger partial charge >= 0.3 is 0 Å². The van der Waals surface area contributed by atoms with Gasteiger partial charge in [0.15, 0.2) is 0 Å². The van der Waals surface area contributed by atoms with Crippen molar-refractivity contribution < 1.29 is 4.79 Å². The van der Waals surface area contributed by atoms with Crippen LogP contribution in [0.25, 0.3) is 0 Å². The van der Waals surface area contributed by atoms with Crippen molar-refractivity contribution in [1.82, 2.24) is 15.1 Å². The van der Waals surface area contributed by atoms with Crippen LogP contribution in [-0.2, 0) is 7.05 Å². The van der Waals surface area contributed by atoms with Crippen molar-refractivity contribution in [1.29, 1.82) is 0 Å². The van der Waals surface area contributed by atoms with Gasteiger partial charge in [-0.2, -0.15) is 5.10 Å². The Morgan fingerprint density at radius 2 is 1.95 bits per heavy atom. The molecule has 0 radical (unpaired) electrons. The first-order valence-electron chi connectivity index (χ1n) is 6.84. The Kier molecular flexibility index (Phi) is 5.85. The third-order valence-electron chi connectivity index (χ3n) is 3.75. The highest BCUT2D eigenvalue weighted by Gasteiger charge is 2.20. The van der Waals surface area contributed by atoms with Crippen LogP contribution in [0, 0.1) is 19.8 Å². The van der Waals surface area contributed by atoms with E-state index in [0.29, 0.717) is 18.0 Å². The molecule has 0 saturated heterocycles. The quantitative estimate of drug-likeness (QED) is 0.817. The van der Waals surface area contributed by atoms with E-state index in [9.17, 15) is 4.79 Å². The van der Waals surface area contributed by atoms with Gasteiger partial charge in [-0.25, -0.2) is 0 Å². The number of carbonyl (C=O) groups excluding carboxylic acids is 1. The molecule has 0 aliphatic rings. The Balaban J connectivity index is 2.66. The van der Waals surface area contributed by atoms with Gasteiger partial charge in [-0.05, 0) is 19.8 Å². The number of carbonyl (C=O) groups is 1. The molecular weight excluding hydrogens is 262 g/mol. The molecule has 108 valence electrons. The molecule has 5 heteroatoms. The van der Waals surface area contributed by atoms with Gasteiger partial charge in [0.25, 0.3) is 5.91 Å². The zero-order valence-corrected chi connectivity index (χ0v) is 13.2. The van der Waals surface area contributed by atoms with Crippen LogP contribution < -0.4 is 5.32 Å². The molecule has 1 N–H and O–H groups in total. The normalized spacial score (nSPS) is 12.8. The zero-order chi connectivity index (χ0) is 14.6. The zero-order valence-electron chi connectivity index (χ0n) is 12.5. The number of nitrogens with one attached hydrogen (secondary N) is 1. The monoisotopic (exact) mass is 285 g/mol. The van der Waals surface area contributed by atoms with Gasteiger partial charge in [0.05, 0.1) is 16.6 Å². The second kappa shape index (κ2) is 6.94. The maximum absolute atomic E-state index is 12.2. The largest absolute Gasteiger partial charge is 0.350 e. The molecule has 1 rings (SSSR count). The molecule has 1 aromatic heterocycles. The first kappa shape index (κ1) is 16.0. The fourth-order valence-corrected chi connectivity index (χ4v) is 2.78. The Hall–Kier alpha value is -1.03. The third-order valence-corrected chi connectivity index (χ3v) is 4.26. The third kappa shape index (κ3) is 3.72. The fraction of sp³-hybridized carbons (Fsp3) is 0.714. The summed E-state index contributed by atoms with van der Waals surface area (Å²) in [6, 6.07) is 0. The van der Waals surface area contributed by atoms with Crippen LogP contribution >= 0.6 is 11.6 Å². The second-order valence-electron chi connectivity index (χ2n) is 4.97. The molecule has 0 bridgehead atoms. The minimum absolute atomic E-state index is 0.0174. The fourth-order valence-electron chi connectivity index (χ4n) is 2.35. The number of rotatable bonds is 6. The lowest BCUT2D eigenvalue weighted by atomic mass is 9.99. The number of aryl methyl sites for hydroxylation is 2. The molecule has 1 heterocycles. The molecule has 1 aromatic rings. The van der Waals surface area contributed by atoms with Crippen LogP contribution in [0.15, 0.2) is 0 Å². The molecule has 19 heavy (non-hydrogen) atoms. The van der Waals surface area contributed by atoms with Gasteiger partial charge < -0.3 is 5.32 Å². The Morgan fingerprint density at radius 3 is 2.37 bits per heavy atom. The summed E-state index contributed by atoms with van der Waals surface area (Å²) in [4.78, 5) is 12.2. The first-order valence-corrected chi connectivity index (χ1v) is 7.28. The molecular formula is C14H24ClN3O. The van der Waals surface area contributed by atoms with E-state index >= 15 is 0 Å². The van der Waals surface area contributed by atoms with Gasteiger partial charge in [-0.1, -0.05) is 26.7 Å². The van der Waals surface area contributed by atoms with Gasteiger partial charge in [0.1, 0.15) is 0 Å². The van der Waals surface area contributed by atoms with E-state index in [1.165, 1.54) is 0 Å². The second-order valence-corrected chi connectivity index (χ2v) is 5.53. The highest BCUT2D eigenvalue weighted by Crippen LogP contribution is 2.18. The van der Waals surface area contributed by atoms with Crippen molar-refractivity contribution in [2.24, 2.45) is 13.0 Å². The summed E-state index contributed by atoms with van der Waals surface area (Å²) in [6.07, 6.45) is 2.07. The molecule has 0 spiro atoms. The minimum Gasteiger partial charge on any atom is -0.350 e. The number of halogens is 1. The van der Waals surface area contributed by atoms with E-state index < -0.39 is 0 Å². The lowest BCUT2D eigenvalue weighted by Gasteiger charge is -2.19. The molecule has 1 amide bonds. The molecule has 1 atom stereocenters. The highest BCUT2D eigenvalue weighted by molar-refractivity contribution is 6.21. The van der Waals surface area contributed by atoms with Crippen molar-refractivity contribution in [2.45, 2.75) is 45.9 Å². The highest BCUT2D eigenvalue weighted by atomic mass is 35.5. The van der Waals surface area contributed by atoms with Crippen LogP contribution in [0.4, 0.5) is 0 Å². The number of alkyl halides is 1. The average Bonchev–Trinajstić information content (AvgIpc) is 2.62. The van der Waals surface area contributed by atoms with Gasteiger partial charge in [-0.3, -0.25) is 9.48 Å². The molecule has 0 fully saturated rings. The van der Waals surface area contributed by atoms with Gasteiger partial charge in [0.2, 0.25) is 0 Å². The molecule has 1 unspecified atom stereocenters. The maximum Gasteiger partial charge on any atom is 0.255 e.